The summed E-state index contributed by atoms with van der Waals surface area (Å²) >= 11 is 0. The first-order valence-electron chi connectivity index (χ1n) is 10.9. The lowest BCUT2D eigenvalue weighted by Gasteiger charge is -2.22. The fourth-order valence-electron chi connectivity index (χ4n) is 3.47. The summed E-state index contributed by atoms with van der Waals surface area (Å²) in [5.41, 5.74) is 3.24. The molecule has 0 saturated carbocycles. The summed E-state index contributed by atoms with van der Waals surface area (Å²) in [7, 11) is 7.34. The van der Waals surface area contributed by atoms with E-state index in [1.165, 1.54) is 0 Å². The number of ether oxygens (including phenoxy) is 1. The van der Waals surface area contributed by atoms with Gasteiger partial charge in [-0.1, -0.05) is 42.5 Å². The predicted octanol–water partition coefficient (Wildman–Crippen LogP) is 2.73. The number of carboxylic acid groups (broad SMARTS) is 1. The van der Waals surface area contributed by atoms with Gasteiger partial charge in [-0.05, 0) is 23.3 Å². The molecule has 2 aromatic carbocycles. The van der Waals surface area contributed by atoms with Gasteiger partial charge in [0.05, 0.1) is 13.0 Å². The molecule has 0 radical (unpaired) electrons. The van der Waals surface area contributed by atoms with E-state index in [2.05, 4.69) is 15.3 Å². The van der Waals surface area contributed by atoms with Gasteiger partial charge in [0.1, 0.15) is 17.5 Å². The van der Waals surface area contributed by atoms with E-state index in [0.29, 0.717) is 41.7 Å². The number of aliphatic hydroxyl groups is 1. The Balaban J connectivity index is 1.70. The second-order valence-electron chi connectivity index (χ2n) is 8.29. The van der Waals surface area contributed by atoms with Crippen LogP contribution in [0.2, 0.25) is 0 Å². The highest BCUT2D eigenvalue weighted by molar-refractivity contribution is 5.76. The number of rotatable bonds is 11. The molecule has 0 amide bonds. The number of aromatic nitrogens is 2. The maximum absolute atomic E-state index is 11.4. The van der Waals surface area contributed by atoms with Gasteiger partial charge >= 0.3 is 5.97 Å². The second kappa shape index (κ2) is 11.4. The summed E-state index contributed by atoms with van der Waals surface area (Å²) in [6.45, 7) is 0.296. The number of benzene rings is 2. The van der Waals surface area contributed by atoms with Crippen LogP contribution in [0.25, 0.3) is 0 Å². The average molecular weight is 466 g/mol. The van der Waals surface area contributed by atoms with Crippen LogP contribution in [0.15, 0.2) is 54.6 Å². The van der Waals surface area contributed by atoms with Crippen molar-refractivity contribution in [1.29, 1.82) is 0 Å². The number of carbonyl (C=O) groups is 1. The van der Waals surface area contributed by atoms with Crippen LogP contribution < -0.4 is 15.1 Å². The lowest BCUT2D eigenvalue weighted by Crippen LogP contribution is -2.22. The van der Waals surface area contributed by atoms with E-state index in [1.54, 1.807) is 9.80 Å². The standard InChI is InChI=1S/C25H31N5O4/c1-29(2)23-20(15-22(31)32)24(30(3)4)28-21(27-23)14-17-10-12-19(13-11-17)26-25(33)34-16-18-8-6-5-7-9-18/h5-13,25-26,33H,14-16H2,1-4H3,(H,31,32). The quantitative estimate of drug-likeness (QED) is 0.368. The molecule has 9 nitrogen and oxygen atoms in total. The zero-order chi connectivity index (χ0) is 24.7. The minimum Gasteiger partial charge on any atom is -0.481 e. The monoisotopic (exact) mass is 465 g/mol. The van der Waals surface area contributed by atoms with Crippen LogP contribution in [0.3, 0.4) is 0 Å². The van der Waals surface area contributed by atoms with Crippen LogP contribution in [0.5, 0.6) is 0 Å². The normalized spacial score (nSPS) is 11.7. The third kappa shape index (κ3) is 6.90. The van der Waals surface area contributed by atoms with Crippen LogP contribution in [-0.4, -0.2) is 60.8 Å². The highest BCUT2D eigenvalue weighted by Crippen LogP contribution is 2.27. The molecule has 0 fully saturated rings. The Hall–Kier alpha value is -3.69. The smallest absolute Gasteiger partial charge is 0.308 e. The van der Waals surface area contributed by atoms with Crippen molar-refractivity contribution in [3.8, 4) is 0 Å². The minimum atomic E-state index is -1.14. The summed E-state index contributed by atoms with van der Waals surface area (Å²) in [4.78, 5) is 24.3. The molecule has 1 atom stereocenters. The van der Waals surface area contributed by atoms with E-state index >= 15 is 0 Å². The number of nitrogens with one attached hydrogen (secondary N) is 1. The minimum absolute atomic E-state index is 0.156. The van der Waals surface area contributed by atoms with E-state index in [4.69, 9.17) is 4.74 Å². The highest BCUT2D eigenvalue weighted by Gasteiger charge is 2.20. The lowest BCUT2D eigenvalue weighted by atomic mass is 10.1. The Morgan fingerprint density at radius 3 is 2.06 bits per heavy atom. The Kier molecular flexibility index (Phi) is 8.39. The van der Waals surface area contributed by atoms with E-state index in [0.717, 1.165) is 11.1 Å². The third-order valence-corrected chi connectivity index (χ3v) is 5.04. The molecule has 1 unspecified atom stereocenters. The van der Waals surface area contributed by atoms with Gasteiger partial charge in [-0.2, -0.15) is 0 Å². The van der Waals surface area contributed by atoms with Crippen LogP contribution in [0, 0.1) is 0 Å². The predicted molar refractivity (Wildman–Crippen MR) is 132 cm³/mol. The van der Waals surface area contributed by atoms with Crippen molar-refractivity contribution in [3.63, 3.8) is 0 Å². The molecule has 0 saturated heterocycles. The summed E-state index contributed by atoms with van der Waals surface area (Å²) < 4.78 is 5.44. The van der Waals surface area contributed by atoms with Crippen LogP contribution >= 0.6 is 0 Å². The molecule has 3 aromatic rings. The number of carboxylic acids is 1. The first kappa shape index (κ1) is 24.9. The fourth-order valence-corrected chi connectivity index (χ4v) is 3.47. The largest absolute Gasteiger partial charge is 0.481 e. The topological polar surface area (TPSA) is 111 Å². The van der Waals surface area contributed by atoms with Crippen molar-refractivity contribution in [3.05, 3.63) is 77.1 Å². The molecule has 0 aliphatic heterocycles. The summed E-state index contributed by atoms with van der Waals surface area (Å²) in [6, 6.07) is 17.2. The van der Waals surface area contributed by atoms with Gasteiger partial charge in [0.2, 0.25) is 6.41 Å². The van der Waals surface area contributed by atoms with Gasteiger partial charge < -0.3 is 30.1 Å². The van der Waals surface area contributed by atoms with E-state index in [1.807, 2.05) is 82.8 Å². The maximum Gasteiger partial charge on any atom is 0.308 e. The number of hydrogen-bond acceptors (Lipinski definition) is 8. The van der Waals surface area contributed by atoms with Crippen molar-refractivity contribution in [2.75, 3.05) is 43.3 Å². The summed E-state index contributed by atoms with van der Waals surface area (Å²) in [6.07, 6.45) is -0.819. The van der Waals surface area contributed by atoms with Crippen molar-refractivity contribution in [1.82, 2.24) is 9.97 Å². The first-order chi connectivity index (χ1) is 16.2. The van der Waals surface area contributed by atoms with Crippen LogP contribution in [0.4, 0.5) is 17.3 Å². The van der Waals surface area contributed by atoms with Gasteiger partial charge in [0.25, 0.3) is 0 Å². The van der Waals surface area contributed by atoms with E-state index in [-0.39, 0.29) is 6.42 Å². The molecule has 1 heterocycles. The molecular weight excluding hydrogens is 434 g/mol. The third-order valence-electron chi connectivity index (χ3n) is 5.04. The molecule has 34 heavy (non-hydrogen) atoms. The second-order valence-corrected chi connectivity index (χ2v) is 8.29. The molecular formula is C25H31N5O4. The van der Waals surface area contributed by atoms with Crippen molar-refractivity contribution >= 4 is 23.3 Å². The number of anilines is 3. The van der Waals surface area contributed by atoms with Gasteiger partial charge in [-0.15, -0.1) is 0 Å². The fraction of sp³-hybridized carbons (Fsp3) is 0.320. The number of aliphatic hydroxyl groups excluding tert-OH is 1. The zero-order valence-corrected chi connectivity index (χ0v) is 19.9. The zero-order valence-electron chi connectivity index (χ0n) is 19.9. The summed E-state index contributed by atoms with van der Waals surface area (Å²) in [5.74, 6) is 0.843. The average Bonchev–Trinajstić information content (AvgIpc) is 2.80. The Labute approximate surface area is 199 Å². The van der Waals surface area contributed by atoms with Crippen molar-refractivity contribution in [2.45, 2.75) is 25.9 Å². The van der Waals surface area contributed by atoms with Gasteiger partial charge in [0, 0.05) is 45.9 Å². The van der Waals surface area contributed by atoms with Crippen LogP contribution in [0.1, 0.15) is 22.5 Å². The van der Waals surface area contributed by atoms with Gasteiger partial charge in [0.15, 0.2) is 0 Å². The lowest BCUT2D eigenvalue weighted by molar-refractivity contribution is -0.136. The maximum atomic E-state index is 11.4. The highest BCUT2D eigenvalue weighted by atomic mass is 16.6. The van der Waals surface area contributed by atoms with Crippen molar-refractivity contribution < 1.29 is 19.7 Å². The molecule has 0 aliphatic rings. The van der Waals surface area contributed by atoms with E-state index < -0.39 is 12.4 Å². The molecule has 3 rings (SSSR count). The number of nitrogens with zero attached hydrogens (tertiary/aromatic N) is 4. The number of aliphatic carboxylic acids is 1. The SMILES string of the molecule is CN(C)c1nc(Cc2ccc(NC(O)OCc3ccccc3)cc2)nc(N(C)C)c1CC(=O)O. The molecule has 0 bridgehead atoms. The van der Waals surface area contributed by atoms with Gasteiger partial charge in [-0.3, -0.25) is 4.79 Å². The van der Waals surface area contributed by atoms with Crippen LogP contribution in [-0.2, 0) is 29.0 Å². The molecule has 3 N–H and O–H groups in total. The molecule has 0 aliphatic carbocycles. The molecule has 1 aromatic heterocycles. The Morgan fingerprint density at radius 2 is 1.53 bits per heavy atom. The van der Waals surface area contributed by atoms with Gasteiger partial charge in [-0.25, -0.2) is 9.97 Å². The Bertz CT molecular complexity index is 1060. The summed E-state index contributed by atoms with van der Waals surface area (Å²) in [5, 5.41) is 22.4. The van der Waals surface area contributed by atoms with E-state index in [9.17, 15) is 15.0 Å². The number of hydrogen-bond donors (Lipinski definition) is 3. The molecule has 0 spiro atoms. The first-order valence-corrected chi connectivity index (χ1v) is 10.9. The molecule has 9 heteroatoms. The molecule has 180 valence electrons. The Morgan fingerprint density at radius 1 is 0.941 bits per heavy atom. The van der Waals surface area contributed by atoms with Crippen molar-refractivity contribution in [2.24, 2.45) is 0 Å².